The summed E-state index contributed by atoms with van der Waals surface area (Å²) >= 11 is 0. The summed E-state index contributed by atoms with van der Waals surface area (Å²) < 4.78 is 5.77. The quantitative estimate of drug-likeness (QED) is 0.767. The molecule has 0 saturated heterocycles. The second-order valence-corrected chi connectivity index (χ2v) is 5.59. The average molecular weight is 236 g/mol. The maximum atomic E-state index is 8.97. The third-order valence-electron chi connectivity index (χ3n) is 2.68. The molecule has 0 aliphatic rings. The SMILES string of the molecule is CC(C)(C)CCCOc1ccccc1CCO. The minimum absolute atomic E-state index is 0.169. The first-order chi connectivity index (χ1) is 8.03. The minimum atomic E-state index is 0.169. The van der Waals surface area contributed by atoms with Crippen molar-refractivity contribution in [2.45, 2.75) is 40.0 Å². The zero-order chi connectivity index (χ0) is 12.7. The largest absolute Gasteiger partial charge is 0.493 e. The molecule has 0 fully saturated rings. The molecule has 1 N–H and O–H groups in total. The molecule has 0 unspecified atom stereocenters. The van der Waals surface area contributed by atoms with Crippen molar-refractivity contribution >= 4 is 0 Å². The normalized spacial score (nSPS) is 11.5. The van der Waals surface area contributed by atoms with E-state index in [1.54, 1.807) is 0 Å². The molecule has 2 heteroatoms. The van der Waals surface area contributed by atoms with E-state index in [1.165, 1.54) is 0 Å². The van der Waals surface area contributed by atoms with Crippen LogP contribution in [-0.2, 0) is 6.42 Å². The van der Waals surface area contributed by atoms with Crippen LogP contribution in [0.1, 0.15) is 39.2 Å². The van der Waals surface area contributed by atoms with Crippen LogP contribution < -0.4 is 4.74 Å². The zero-order valence-electron chi connectivity index (χ0n) is 11.2. The lowest BCUT2D eigenvalue weighted by molar-refractivity contribution is 0.263. The lowest BCUT2D eigenvalue weighted by Crippen LogP contribution is -2.08. The van der Waals surface area contributed by atoms with Gasteiger partial charge < -0.3 is 9.84 Å². The first-order valence-electron chi connectivity index (χ1n) is 6.34. The van der Waals surface area contributed by atoms with Crippen LogP contribution in [0.4, 0.5) is 0 Å². The van der Waals surface area contributed by atoms with Crippen molar-refractivity contribution < 1.29 is 9.84 Å². The van der Waals surface area contributed by atoms with E-state index in [9.17, 15) is 0 Å². The molecule has 1 aromatic rings. The molecule has 0 aromatic heterocycles. The zero-order valence-corrected chi connectivity index (χ0v) is 11.2. The van der Waals surface area contributed by atoms with Gasteiger partial charge in [0.05, 0.1) is 6.61 Å². The summed E-state index contributed by atoms with van der Waals surface area (Å²) in [4.78, 5) is 0. The van der Waals surface area contributed by atoms with Crippen molar-refractivity contribution in [1.29, 1.82) is 0 Å². The van der Waals surface area contributed by atoms with E-state index < -0.39 is 0 Å². The molecule has 0 heterocycles. The third kappa shape index (κ3) is 5.73. The lowest BCUT2D eigenvalue weighted by atomic mass is 9.91. The fourth-order valence-corrected chi connectivity index (χ4v) is 1.76. The van der Waals surface area contributed by atoms with Gasteiger partial charge in [-0.1, -0.05) is 39.0 Å². The van der Waals surface area contributed by atoms with Gasteiger partial charge in [-0.05, 0) is 36.3 Å². The van der Waals surface area contributed by atoms with E-state index in [-0.39, 0.29) is 6.61 Å². The number of benzene rings is 1. The van der Waals surface area contributed by atoms with Crippen molar-refractivity contribution in [2.24, 2.45) is 5.41 Å². The van der Waals surface area contributed by atoms with Crippen LogP contribution in [0.3, 0.4) is 0 Å². The van der Waals surface area contributed by atoms with E-state index in [0.29, 0.717) is 11.8 Å². The Balaban J connectivity index is 2.41. The predicted octanol–water partition coefficient (Wildman–Crippen LogP) is 3.43. The van der Waals surface area contributed by atoms with Gasteiger partial charge in [0.25, 0.3) is 0 Å². The van der Waals surface area contributed by atoms with E-state index in [0.717, 1.165) is 30.8 Å². The first kappa shape index (κ1) is 14.0. The Morgan fingerprint density at radius 1 is 1.18 bits per heavy atom. The molecule has 0 spiro atoms. The monoisotopic (exact) mass is 236 g/mol. The minimum Gasteiger partial charge on any atom is -0.493 e. The van der Waals surface area contributed by atoms with Crippen molar-refractivity contribution in [3.63, 3.8) is 0 Å². The fourth-order valence-electron chi connectivity index (χ4n) is 1.76. The van der Waals surface area contributed by atoms with Gasteiger partial charge in [-0.25, -0.2) is 0 Å². The van der Waals surface area contributed by atoms with Crippen molar-refractivity contribution in [2.75, 3.05) is 13.2 Å². The molecule has 96 valence electrons. The molecule has 0 bridgehead atoms. The highest BCUT2D eigenvalue weighted by Crippen LogP contribution is 2.22. The summed E-state index contributed by atoms with van der Waals surface area (Å²) in [6.07, 6.45) is 2.89. The van der Waals surface area contributed by atoms with Crippen LogP contribution in [0.5, 0.6) is 5.75 Å². The Bertz CT molecular complexity index is 326. The van der Waals surface area contributed by atoms with Gasteiger partial charge in [-0.3, -0.25) is 0 Å². The molecule has 1 rings (SSSR count). The third-order valence-corrected chi connectivity index (χ3v) is 2.68. The number of aliphatic hydroxyl groups is 1. The predicted molar refractivity (Wildman–Crippen MR) is 71.4 cm³/mol. The highest BCUT2D eigenvalue weighted by Gasteiger charge is 2.09. The summed E-state index contributed by atoms with van der Waals surface area (Å²) in [6.45, 7) is 7.65. The molecule has 0 atom stereocenters. The number of hydrogen-bond donors (Lipinski definition) is 1. The Labute approximate surface area is 105 Å². The molecule has 0 aliphatic heterocycles. The summed E-state index contributed by atoms with van der Waals surface area (Å²) in [7, 11) is 0. The van der Waals surface area contributed by atoms with Gasteiger partial charge in [0.2, 0.25) is 0 Å². The highest BCUT2D eigenvalue weighted by atomic mass is 16.5. The second kappa shape index (κ2) is 6.65. The van der Waals surface area contributed by atoms with Crippen LogP contribution in [0.25, 0.3) is 0 Å². The Morgan fingerprint density at radius 2 is 1.88 bits per heavy atom. The Hall–Kier alpha value is -1.02. The smallest absolute Gasteiger partial charge is 0.122 e. The molecular formula is C15H24O2. The van der Waals surface area contributed by atoms with Gasteiger partial charge >= 0.3 is 0 Å². The topological polar surface area (TPSA) is 29.5 Å². The molecule has 0 amide bonds. The molecule has 0 aliphatic carbocycles. The number of para-hydroxylation sites is 1. The summed E-state index contributed by atoms with van der Waals surface area (Å²) in [5, 5.41) is 8.97. The molecule has 17 heavy (non-hydrogen) atoms. The van der Waals surface area contributed by atoms with Crippen molar-refractivity contribution in [3.8, 4) is 5.75 Å². The maximum absolute atomic E-state index is 8.97. The van der Waals surface area contributed by atoms with Crippen LogP contribution in [0.2, 0.25) is 0 Å². The van der Waals surface area contributed by atoms with Crippen LogP contribution in [0, 0.1) is 5.41 Å². The van der Waals surface area contributed by atoms with Crippen LogP contribution >= 0.6 is 0 Å². The standard InChI is InChI=1S/C15H24O2/c1-15(2,3)10-6-12-17-14-8-5-4-7-13(14)9-11-16/h4-5,7-8,16H,6,9-12H2,1-3H3. The lowest BCUT2D eigenvalue weighted by Gasteiger charge is -2.18. The highest BCUT2D eigenvalue weighted by molar-refractivity contribution is 5.33. The Morgan fingerprint density at radius 3 is 2.53 bits per heavy atom. The molecular weight excluding hydrogens is 212 g/mol. The molecule has 2 nitrogen and oxygen atoms in total. The number of hydrogen-bond acceptors (Lipinski definition) is 2. The van der Waals surface area contributed by atoms with Crippen molar-refractivity contribution in [3.05, 3.63) is 29.8 Å². The second-order valence-electron chi connectivity index (χ2n) is 5.59. The van der Waals surface area contributed by atoms with Gasteiger partial charge in [0, 0.05) is 6.61 Å². The average Bonchev–Trinajstić information content (AvgIpc) is 2.25. The summed E-state index contributed by atoms with van der Waals surface area (Å²) in [5.74, 6) is 0.912. The van der Waals surface area contributed by atoms with Crippen LogP contribution in [0.15, 0.2) is 24.3 Å². The summed E-state index contributed by atoms with van der Waals surface area (Å²) in [5.41, 5.74) is 1.46. The van der Waals surface area contributed by atoms with Crippen molar-refractivity contribution in [1.82, 2.24) is 0 Å². The molecule has 1 aromatic carbocycles. The van der Waals surface area contributed by atoms with Gasteiger partial charge in [0.15, 0.2) is 0 Å². The number of aliphatic hydroxyl groups excluding tert-OH is 1. The van der Waals surface area contributed by atoms with E-state index >= 15 is 0 Å². The van der Waals surface area contributed by atoms with Gasteiger partial charge in [-0.15, -0.1) is 0 Å². The number of ether oxygens (including phenoxy) is 1. The van der Waals surface area contributed by atoms with E-state index in [1.807, 2.05) is 24.3 Å². The van der Waals surface area contributed by atoms with E-state index in [4.69, 9.17) is 9.84 Å². The first-order valence-corrected chi connectivity index (χ1v) is 6.34. The Kier molecular flexibility index (Phi) is 5.49. The molecule has 0 radical (unpaired) electrons. The van der Waals surface area contributed by atoms with Gasteiger partial charge in [0.1, 0.15) is 5.75 Å². The number of rotatable bonds is 6. The fraction of sp³-hybridized carbons (Fsp3) is 0.600. The van der Waals surface area contributed by atoms with Crippen LogP contribution in [-0.4, -0.2) is 18.3 Å². The maximum Gasteiger partial charge on any atom is 0.122 e. The van der Waals surface area contributed by atoms with E-state index in [2.05, 4.69) is 20.8 Å². The molecule has 0 saturated carbocycles. The summed E-state index contributed by atoms with van der Waals surface area (Å²) in [6, 6.07) is 7.93. The van der Waals surface area contributed by atoms with Gasteiger partial charge in [-0.2, -0.15) is 0 Å².